The number of hydrogen-bond acceptors (Lipinski definition) is 4. The Kier molecular flexibility index (Phi) is 4.82. The van der Waals surface area contributed by atoms with E-state index < -0.39 is 0 Å². The number of nitrogens with two attached hydrogens (primary N) is 1. The van der Waals surface area contributed by atoms with Gasteiger partial charge in [-0.3, -0.25) is 0 Å². The van der Waals surface area contributed by atoms with Crippen LogP contribution in [-0.4, -0.2) is 29.6 Å². The van der Waals surface area contributed by atoms with Gasteiger partial charge in [-0.05, 0) is 35.8 Å². The molecule has 1 heterocycles. The monoisotopic (exact) mass is 258 g/mol. The predicted molar refractivity (Wildman–Crippen MR) is 61.3 cm³/mol. The Labute approximate surface area is 92.7 Å². The van der Waals surface area contributed by atoms with E-state index in [1.807, 2.05) is 0 Å². The van der Waals surface area contributed by atoms with Crippen LogP contribution in [0.4, 0.5) is 5.95 Å². The zero-order valence-corrected chi connectivity index (χ0v) is 9.87. The fourth-order valence-electron chi connectivity index (χ4n) is 1.15. The third kappa shape index (κ3) is 3.23. The van der Waals surface area contributed by atoms with Gasteiger partial charge in [0.2, 0.25) is 5.95 Å². The molecule has 0 aliphatic rings. The largest absolute Gasteiger partial charge is 0.341 e. The normalized spacial score (nSPS) is 10.2. The molecule has 0 unspecified atom stereocenters. The second-order valence-electron chi connectivity index (χ2n) is 2.92. The molecule has 0 spiro atoms. The maximum atomic E-state index is 5.46. The van der Waals surface area contributed by atoms with E-state index in [4.69, 9.17) is 5.73 Å². The molecule has 2 N–H and O–H groups in total. The van der Waals surface area contributed by atoms with Crippen molar-refractivity contribution in [2.75, 3.05) is 24.5 Å². The molecule has 0 atom stereocenters. The van der Waals surface area contributed by atoms with E-state index in [9.17, 15) is 0 Å². The van der Waals surface area contributed by atoms with Crippen LogP contribution >= 0.6 is 15.9 Å². The molecule has 0 saturated heterocycles. The number of aromatic nitrogens is 2. The van der Waals surface area contributed by atoms with E-state index in [0.717, 1.165) is 29.9 Å². The molecule has 0 aliphatic heterocycles. The van der Waals surface area contributed by atoms with Crippen LogP contribution in [0.15, 0.2) is 16.9 Å². The Balaban J connectivity index is 2.64. The second kappa shape index (κ2) is 5.93. The third-order valence-electron chi connectivity index (χ3n) is 1.90. The maximum absolute atomic E-state index is 5.46. The van der Waals surface area contributed by atoms with Crippen molar-refractivity contribution in [2.24, 2.45) is 5.73 Å². The minimum absolute atomic E-state index is 0.701. The van der Waals surface area contributed by atoms with Crippen LogP contribution in [0.5, 0.6) is 0 Å². The van der Waals surface area contributed by atoms with Crippen LogP contribution in [0.25, 0.3) is 0 Å². The van der Waals surface area contributed by atoms with Gasteiger partial charge in [-0.1, -0.05) is 0 Å². The lowest BCUT2D eigenvalue weighted by Crippen LogP contribution is -2.27. The summed E-state index contributed by atoms with van der Waals surface area (Å²) >= 11 is 3.31. The van der Waals surface area contributed by atoms with Crippen molar-refractivity contribution in [3.63, 3.8) is 0 Å². The molecule has 14 heavy (non-hydrogen) atoms. The molecule has 0 bridgehead atoms. The standard InChI is InChI=1S/C9H15BrN4/c1-2-14(5-3-4-11)9-12-6-8(10)7-13-9/h6-7H,2-5,11H2,1H3. The Hall–Kier alpha value is -0.680. The minimum Gasteiger partial charge on any atom is -0.341 e. The van der Waals surface area contributed by atoms with Crippen LogP contribution in [0, 0.1) is 0 Å². The highest BCUT2D eigenvalue weighted by Crippen LogP contribution is 2.10. The number of halogens is 1. The molecule has 0 radical (unpaired) electrons. The predicted octanol–water partition coefficient (Wildman–Crippen LogP) is 1.41. The molecule has 0 saturated carbocycles. The molecular weight excluding hydrogens is 244 g/mol. The first-order valence-corrected chi connectivity index (χ1v) is 5.49. The van der Waals surface area contributed by atoms with Crippen molar-refractivity contribution in [3.8, 4) is 0 Å². The molecule has 0 aliphatic carbocycles. The van der Waals surface area contributed by atoms with Gasteiger partial charge >= 0.3 is 0 Å². The van der Waals surface area contributed by atoms with Crippen LogP contribution in [0.2, 0.25) is 0 Å². The van der Waals surface area contributed by atoms with Crippen molar-refractivity contribution in [2.45, 2.75) is 13.3 Å². The number of nitrogens with zero attached hydrogens (tertiary/aromatic N) is 3. The van der Waals surface area contributed by atoms with Gasteiger partial charge in [-0.25, -0.2) is 9.97 Å². The van der Waals surface area contributed by atoms with Crippen LogP contribution in [0.1, 0.15) is 13.3 Å². The molecule has 0 amide bonds. The fraction of sp³-hybridized carbons (Fsp3) is 0.556. The molecule has 5 heteroatoms. The highest BCUT2D eigenvalue weighted by Gasteiger charge is 2.05. The van der Waals surface area contributed by atoms with E-state index in [1.165, 1.54) is 0 Å². The van der Waals surface area contributed by atoms with Gasteiger partial charge in [0, 0.05) is 25.5 Å². The van der Waals surface area contributed by atoms with Crippen LogP contribution in [0.3, 0.4) is 0 Å². The maximum Gasteiger partial charge on any atom is 0.225 e. The van der Waals surface area contributed by atoms with Crippen molar-refractivity contribution < 1.29 is 0 Å². The number of rotatable bonds is 5. The van der Waals surface area contributed by atoms with Gasteiger partial charge in [0.05, 0.1) is 4.47 Å². The molecule has 4 nitrogen and oxygen atoms in total. The highest BCUT2D eigenvalue weighted by molar-refractivity contribution is 9.10. The van der Waals surface area contributed by atoms with E-state index in [-0.39, 0.29) is 0 Å². The van der Waals surface area contributed by atoms with E-state index in [2.05, 4.69) is 37.7 Å². The van der Waals surface area contributed by atoms with Crippen molar-refractivity contribution in [3.05, 3.63) is 16.9 Å². The number of hydrogen-bond donors (Lipinski definition) is 1. The van der Waals surface area contributed by atoms with Crippen LogP contribution in [-0.2, 0) is 0 Å². The summed E-state index contributed by atoms with van der Waals surface area (Å²) in [6, 6.07) is 0. The average molecular weight is 259 g/mol. The van der Waals surface area contributed by atoms with Gasteiger partial charge in [0.25, 0.3) is 0 Å². The van der Waals surface area contributed by atoms with Gasteiger partial charge in [-0.15, -0.1) is 0 Å². The van der Waals surface area contributed by atoms with Gasteiger partial charge < -0.3 is 10.6 Å². The quantitative estimate of drug-likeness (QED) is 0.868. The highest BCUT2D eigenvalue weighted by atomic mass is 79.9. The summed E-state index contributed by atoms with van der Waals surface area (Å²) in [4.78, 5) is 10.6. The molecule has 0 fully saturated rings. The Morgan fingerprint density at radius 1 is 1.43 bits per heavy atom. The summed E-state index contributed by atoms with van der Waals surface area (Å²) in [5.41, 5.74) is 5.46. The Morgan fingerprint density at radius 3 is 2.57 bits per heavy atom. The lowest BCUT2D eigenvalue weighted by molar-refractivity contribution is 0.732. The van der Waals surface area contributed by atoms with E-state index in [0.29, 0.717) is 6.54 Å². The summed E-state index contributed by atoms with van der Waals surface area (Å²) in [7, 11) is 0. The average Bonchev–Trinajstić information content (AvgIpc) is 2.21. The first-order chi connectivity index (χ1) is 6.77. The summed E-state index contributed by atoms with van der Waals surface area (Å²) in [6.45, 7) is 4.60. The molecule has 0 aromatic carbocycles. The van der Waals surface area contributed by atoms with E-state index in [1.54, 1.807) is 12.4 Å². The first kappa shape index (κ1) is 11.4. The summed E-state index contributed by atoms with van der Waals surface area (Å²) < 4.78 is 0.899. The smallest absolute Gasteiger partial charge is 0.225 e. The van der Waals surface area contributed by atoms with Crippen molar-refractivity contribution in [1.29, 1.82) is 0 Å². The molecule has 78 valence electrons. The minimum atomic E-state index is 0.701. The lowest BCUT2D eigenvalue weighted by Gasteiger charge is -2.19. The first-order valence-electron chi connectivity index (χ1n) is 4.70. The second-order valence-corrected chi connectivity index (χ2v) is 3.84. The SMILES string of the molecule is CCN(CCCN)c1ncc(Br)cn1. The summed E-state index contributed by atoms with van der Waals surface area (Å²) in [5.74, 6) is 0.768. The van der Waals surface area contributed by atoms with Crippen molar-refractivity contribution in [1.82, 2.24) is 9.97 Å². The molecule has 1 rings (SSSR count). The fourth-order valence-corrected chi connectivity index (χ4v) is 1.36. The topological polar surface area (TPSA) is 55.0 Å². The lowest BCUT2D eigenvalue weighted by atomic mass is 10.4. The Morgan fingerprint density at radius 2 is 2.07 bits per heavy atom. The van der Waals surface area contributed by atoms with E-state index >= 15 is 0 Å². The Bertz CT molecular complexity index is 262. The van der Waals surface area contributed by atoms with Crippen LogP contribution < -0.4 is 10.6 Å². The summed E-state index contributed by atoms with van der Waals surface area (Å²) in [6.07, 6.45) is 4.48. The number of anilines is 1. The molecular formula is C9H15BrN4. The van der Waals surface area contributed by atoms with Gasteiger partial charge in [0.1, 0.15) is 0 Å². The van der Waals surface area contributed by atoms with Gasteiger partial charge in [-0.2, -0.15) is 0 Å². The zero-order valence-electron chi connectivity index (χ0n) is 8.28. The zero-order chi connectivity index (χ0) is 10.4. The van der Waals surface area contributed by atoms with Gasteiger partial charge in [0.15, 0.2) is 0 Å². The van der Waals surface area contributed by atoms with Crippen molar-refractivity contribution >= 4 is 21.9 Å². The molecule has 1 aromatic heterocycles. The summed E-state index contributed by atoms with van der Waals surface area (Å²) in [5, 5.41) is 0. The third-order valence-corrected chi connectivity index (χ3v) is 2.31. The molecule has 1 aromatic rings.